The molecule has 1 aliphatic heterocycles. The number of benzene rings is 1. The minimum absolute atomic E-state index is 0.0763. The predicted octanol–water partition coefficient (Wildman–Crippen LogP) is -1.60. The van der Waals surface area contributed by atoms with E-state index in [1.807, 2.05) is 0 Å². The first-order chi connectivity index (χ1) is 14.5. The molecule has 0 radical (unpaired) electrons. The summed E-state index contributed by atoms with van der Waals surface area (Å²) in [6.45, 7) is -0.200. The number of carbonyl (C=O) groups is 1. The molecule has 0 bridgehead atoms. The first-order valence-corrected chi connectivity index (χ1v) is 9.23. The van der Waals surface area contributed by atoms with Crippen LogP contribution in [0, 0.1) is 0 Å². The van der Waals surface area contributed by atoms with Gasteiger partial charge in [0.15, 0.2) is 0 Å². The Morgan fingerprint density at radius 1 is 1.17 bits per heavy atom. The second-order valence-electron chi connectivity index (χ2n) is 6.89. The summed E-state index contributed by atoms with van der Waals surface area (Å²) >= 11 is 0. The number of hydrogen-bond acceptors (Lipinski definition) is 8. The van der Waals surface area contributed by atoms with Crippen molar-refractivity contribution < 1.29 is 19.7 Å². The lowest BCUT2D eigenvalue weighted by molar-refractivity contribution is -0.152. The highest BCUT2D eigenvalue weighted by Gasteiger charge is 2.39. The standard InChI is InChI=1S/C19H19N5O6/c25-14-11(22-18(28)16-20-6-3-7-21-16)9-30-13(15(14)26)8-24-12-5-2-1-4-10(12)17(27)23-19(24)29/h1-7,11,13-15,25-26H,8-9H2,(H,22,28)(H,23,27,29)/t11-,13-,14+,15-/m1/s1. The number of nitrogens with zero attached hydrogens (tertiary/aromatic N) is 3. The molecule has 0 unspecified atom stereocenters. The normalized spacial score (nSPS) is 23.9. The van der Waals surface area contributed by atoms with Gasteiger partial charge >= 0.3 is 5.69 Å². The summed E-state index contributed by atoms with van der Waals surface area (Å²) < 4.78 is 6.90. The smallest absolute Gasteiger partial charge is 0.328 e. The maximum atomic E-state index is 12.3. The van der Waals surface area contributed by atoms with Crippen molar-refractivity contribution in [3.8, 4) is 0 Å². The van der Waals surface area contributed by atoms with E-state index in [0.29, 0.717) is 10.9 Å². The van der Waals surface area contributed by atoms with Gasteiger partial charge in [-0.25, -0.2) is 14.8 Å². The van der Waals surface area contributed by atoms with E-state index < -0.39 is 41.5 Å². The van der Waals surface area contributed by atoms with Crippen LogP contribution in [0.15, 0.2) is 52.3 Å². The topological polar surface area (TPSA) is 159 Å². The van der Waals surface area contributed by atoms with Gasteiger partial charge in [0.25, 0.3) is 11.5 Å². The molecule has 4 N–H and O–H groups in total. The Bertz CT molecular complexity index is 1180. The molecule has 4 atom stereocenters. The number of aromatic amines is 1. The maximum Gasteiger partial charge on any atom is 0.328 e. The van der Waals surface area contributed by atoms with Gasteiger partial charge < -0.3 is 20.3 Å². The van der Waals surface area contributed by atoms with Gasteiger partial charge in [-0.05, 0) is 18.2 Å². The number of aromatic nitrogens is 4. The highest BCUT2D eigenvalue weighted by atomic mass is 16.5. The van der Waals surface area contributed by atoms with Gasteiger partial charge in [-0.3, -0.25) is 19.1 Å². The zero-order valence-electron chi connectivity index (χ0n) is 15.6. The molecule has 1 fully saturated rings. The van der Waals surface area contributed by atoms with Crippen molar-refractivity contribution in [2.45, 2.75) is 30.9 Å². The van der Waals surface area contributed by atoms with E-state index in [1.54, 1.807) is 30.3 Å². The van der Waals surface area contributed by atoms with Crippen LogP contribution in [0.2, 0.25) is 0 Å². The van der Waals surface area contributed by atoms with Crippen LogP contribution in [0.4, 0.5) is 0 Å². The lowest BCUT2D eigenvalue weighted by Gasteiger charge is -2.38. The lowest BCUT2D eigenvalue weighted by atomic mass is 9.97. The van der Waals surface area contributed by atoms with Crippen LogP contribution in [0.25, 0.3) is 10.9 Å². The average molecular weight is 413 g/mol. The van der Waals surface area contributed by atoms with Crippen molar-refractivity contribution in [1.82, 2.24) is 24.8 Å². The van der Waals surface area contributed by atoms with E-state index in [2.05, 4.69) is 20.3 Å². The zero-order chi connectivity index (χ0) is 21.3. The van der Waals surface area contributed by atoms with Crippen molar-refractivity contribution in [2.24, 2.45) is 0 Å². The third-order valence-electron chi connectivity index (χ3n) is 4.99. The Morgan fingerprint density at radius 3 is 2.67 bits per heavy atom. The number of H-pyrrole nitrogens is 1. The van der Waals surface area contributed by atoms with Crippen LogP contribution in [0.3, 0.4) is 0 Å². The van der Waals surface area contributed by atoms with Gasteiger partial charge in [0.2, 0.25) is 5.82 Å². The van der Waals surface area contributed by atoms with Crippen LogP contribution in [0.5, 0.6) is 0 Å². The first kappa shape index (κ1) is 19.9. The van der Waals surface area contributed by atoms with Crippen LogP contribution in [0.1, 0.15) is 10.6 Å². The van der Waals surface area contributed by atoms with E-state index in [4.69, 9.17) is 4.74 Å². The van der Waals surface area contributed by atoms with Crippen molar-refractivity contribution in [2.75, 3.05) is 6.61 Å². The second-order valence-corrected chi connectivity index (χ2v) is 6.89. The third-order valence-corrected chi connectivity index (χ3v) is 4.99. The monoisotopic (exact) mass is 413 g/mol. The molecule has 4 rings (SSSR count). The summed E-state index contributed by atoms with van der Waals surface area (Å²) in [5, 5.41) is 23.9. The molecular weight excluding hydrogens is 394 g/mol. The Hall–Kier alpha value is -3.41. The highest BCUT2D eigenvalue weighted by Crippen LogP contribution is 2.18. The number of carbonyl (C=O) groups excluding carboxylic acids is 1. The summed E-state index contributed by atoms with van der Waals surface area (Å²) in [7, 11) is 0. The van der Waals surface area contributed by atoms with Crippen molar-refractivity contribution in [3.63, 3.8) is 0 Å². The second kappa shape index (κ2) is 8.14. The first-order valence-electron chi connectivity index (χ1n) is 9.23. The van der Waals surface area contributed by atoms with Gasteiger partial charge in [0.1, 0.15) is 18.3 Å². The molecule has 3 heterocycles. The van der Waals surface area contributed by atoms with Crippen LogP contribution >= 0.6 is 0 Å². The average Bonchev–Trinajstić information content (AvgIpc) is 2.76. The molecule has 1 saturated heterocycles. The van der Waals surface area contributed by atoms with Crippen LogP contribution < -0.4 is 16.6 Å². The quantitative estimate of drug-likeness (QED) is 0.398. The molecule has 30 heavy (non-hydrogen) atoms. The van der Waals surface area contributed by atoms with E-state index in [1.165, 1.54) is 17.0 Å². The maximum absolute atomic E-state index is 12.3. The fraction of sp³-hybridized carbons (Fsp3) is 0.316. The van der Waals surface area contributed by atoms with Gasteiger partial charge in [-0.2, -0.15) is 0 Å². The van der Waals surface area contributed by atoms with Crippen LogP contribution in [-0.4, -0.2) is 66.6 Å². The molecule has 0 spiro atoms. The van der Waals surface area contributed by atoms with E-state index >= 15 is 0 Å². The molecule has 0 aliphatic carbocycles. The molecule has 11 heteroatoms. The van der Waals surface area contributed by atoms with Crippen molar-refractivity contribution in [1.29, 1.82) is 0 Å². The molecule has 3 aromatic rings. The number of fused-ring (bicyclic) bond motifs is 1. The number of rotatable bonds is 4. The van der Waals surface area contributed by atoms with E-state index in [0.717, 1.165) is 0 Å². The number of aliphatic hydroxyl groups is 2. The van der Waals surface area contributed by atoms with Crippen molar-refractivity contribution in [3.05, 3.63) is 69.4 Å². The molecular formula is C19H19N5O6. The number of hydrogen-bond donors (Lipinski definition) is 4. The summed E-state index contributed by atoms with van der Waals surface area (Å²) in [6, 6.07) is 7.21. The van der Waals surface area contributed by atoms with Gasteiger partial charge in [0.05, 0.1) is 30.1 Å². The number of aliphatic hydroxyl groups excluding tert-OH is 2. The van der Waals surface area contributed by atoms with E-state index in [-0.39, 0.29) is 19.0 Å². The Kier molecular flexibility index (Phi) is 5.40. The number of amides is 1. The highest BCUT2D eigenvalue weighted by molar-refractivity contribution is 5.90. The van der Waals surface area contributed by atoms with Gasteiger partial charge in [0, 0.05) is 12.4 Å². The fourth-order valence-corrected chi connectivity index (χ4v) is 3.42. The van der Waals surface area contributed by atoms with Gasteiger partial charge in [-0.15, -0.1) is 0 Å². The fourth-order valence-electron chi connectivity index (χ4n) is 3.42. The number of ether oxygens (including phenoxy) is 1. The van der Waals surface area contributed by atoms with Gasteiger partial charge in [-0.1, -0.05) is 12.1 Å². The minimum Gasteiger partial charge on any atom is -0.388 e. The Labute approximate surface area is 169 Å². The Morgan fingerprint density at radius 2 is 1.90 bits per heavy atom. The summed E-state index contributed by atoms with van der Waals surface area (Å²) in [5.74, 6) is -0.690. The minimum atomic E-state index is -1.39. The number of nitrogens with one attached hydrogen (secondary N) is 2. The Balaban J connectivity index is 1.51. The predicted molar refractivity (Wildman–Crippen MR) is 104 cm³/mol. The lowest BCUT2D eigenvalue weighted by Crippen LogP contribution is -2.60. The SMILES string of the molecule is O=C(N[C@@H]1CO[C@H](Cn2c(=O)[nH]c(=O)c3ccccc32)[C@@H](O)[C@H]1O)c1ncccn1. The molecule has 156 valence electrons. The summed E-state index contributed by atoms with van der Waals surface area (Å²) in [6.07, 6.45) is -0.854. The van der Waals surface area contributed by atoms with E-state index in [9.17, 15) is 24.6 Å². The molecule has 2 aromatic heterocycles. The van der Waals surface area contributed by atoms with Crippen LogP contribution in [-0.2, 0) is 11.3 Å². The molecule has 11 nitrogen and oxygen atoms in total. The van der Waals surface area contributed by atoms with Crippen molar-refractivity contribution >= 4 is 16.8 Å². The number of para-hydroxylation sites is 1. The zero-order valence-corrected chi connectivity index (χ0v) is 15.6. The third kappa shape index (κ3) is 3.73. The molecule has 0 saturated carbocycles. The molecule has 1 aromatic carbocycles. The summed E-state index contributed by atoms with van der Waals surface area (Å²) in [5.41, 5.74) is -0.781. The molecule has 1 aliphatic rings. The molecule has 1 amide bonds. The summed E-state index contributed by atoms with van der Waals surface area (Å²) in [4.78, 5) is 46.4. The largest absolute Gasteiger partial charge is 0.388 e.